The molecule has 0 aliphatic heterocycles. The molecule has 0 aliphatic rings. The minimum Gasteiger partial charge on any atom is -0.329 e. The Bertz CT molecular complexity index is 99.4. The number of hydrogen-bond donors (Lipinski definition) is 1. The number of rotatable bonds is 5. The molecule has 0 unspecified atom stereocenters. The van der Waals surface area contributed by atoms with Gasteiger partial charge in [0.05, 0.1) is 0 Å². The van der Waals surface area contributed by atoms with E-state index in [-0.39, 0.29) is 0 Å². The van der Waals surface area contributed by atoms with Crippen molar-refractivity contribution in [3.63, 3.8) is 0 Å². The van der Waals surface area contributed by atoms with Crippen molar-refractivity contribution in [2.75, 3.05) is 26.2 Å². The van der Waals surface area contributed by atoms with Crippen molar-refractivity contribution in [1.82, 2.24) is 4.90 Å². The maximum Gasteiger partial charge on any atom is 0.0105 e. The van der Waals surface area contributed by atoms with Crippen LogP contribution in [0.1, 0.15) is 48.0 Å². The van der Waals surface area contributed by atoms with Crippen LogP contribution in [0.2, 0.25) is 0 Å². The van der Waals surface area contributed by atoms with Crippen LogP contribution < -0.4 is 5.73 Å². The lowest BCUT2D eigenvalue weighted by Crippen LogP contribution is -2.36. The van der Waals surface area contributed by atoms with Crippen LogP contribution in [0.3, 0.4) is 0 Å². The normalized spacial score (nSPS) is 11.1. The van der Waals surface area contributed by atoms with Crippen LogP contribution in [0.25, 0.3) is 0 Å². The van der Waals surface area contributed by atoms with Gasteiger partial charge in [-0.3, -0.25) is 0 Å². The van der Waals surface area contributed by atoms with Crippen LogP contribution in [-0.4, -0.2) is 31.1 Å². The van der Waals surface area contributed by atoms with Crippen LogP contribution in [0, 0.1) is 5.41 Å². The molecule has 0 aliphatic carbocycles. The van der Waals surface area contributed by atoms with Gasteiger partial charge in [-0.25, -0.2) is 0 Å². The summed E-state index contributed by atoms with van der Waals surface area (Å²) in [7, 11) is 0. The molecular weight excluding hydrogens is 172 g/mol. The second-order valence-corrected chi connectivity index (χ2v) is 4.63. The number of nitrogens with zero attached hydrogens (tertiary/aromatic N) is 1. The first-order valence-electron chi connectivity index (χ1n) is 5.92. The molecule has 0 fully saturated rings. The van der Waals surface area contributed by atoms with Crippen LogP contribution in [0.15, 0.2) is 0 Å². The van der Waals surface area contributed by atoms with E-state index in [4.69, 9.17) is 5.73 Å². The summed E-state index contributed by atoms with van der Waals surface area (Å²) in [5.74, 6) is 0. The van der Waals surface area contributed by atoms with Crippen molar-refractivity contribution in [3.8, 4) is 0 Å². The molecule has 0 saturated carbocycles. The highest BCUT2D eigenvalue weighted by atomic mass is 15.1. The summed E-state index contributed by atoms with van der Waals surface area (Å²) in [6.45, 7) is 17.2. The smallest absolute Gasteiger partial charge is 0.0105 e. The highest BCUT2D eigenvalue weighted by molar-refractivity contribution is 4.68. The van der Waals surface area contributed by atoms with Gasteiger partial charge in [0, 0.05) is 19.6 Å². The van der Waals surface area contributed by atoms with E-state index in [1.165, 1.54) is 13.0 Å². The van der Waals surface area contributed by atoms with Crippen LogP contribution >= 0.6 is 0 Å². The quantitative estimate of drug-likeness (QED) is 0.743. The Morgan fingerprint density at radius 1 is 1.07 bits per heavy atom. The Kier molecular flexibility index (Phi) is 11.1. The zero-order valence-electron chi connectivity index (χ0n) is 11.1. The SMILES string of the molecule is CC.CCCN(CCN)CC(C)(C)C. The maximum absolute atomic E-state index is 5.54. The lowest BCUT2D eigenvalue weighted by atomic mass is 9.96. The molecule has 2 N–H and O–H groups in total. The van der Waals surface area contributed by atoms with Gasteiger partial charge < -0.3 is 10.6 Å². The van der Waals surface area contributed by atoms with Crippen molar-refractivity contribution in [3.05, 3.63) is 0 Å². The fourth-order valence-electron chi connectivity index (χ4n) is 1.44. The first-order chi connectivity index (χ1) is 6.49. The third kappa shape index (κ3) is 11.9. The van der Waals surface area contributed by atoms with E-state index in [1.54, 1.807) is 0 Å². The maximum atomic E-state index is 5.54. The average molecular weight is 202 g/mol. The predicted octanol–water partition coefficient (Wildman–Crippen LogP) is 2.73. The molecule has 88 valence electrons. The third-order valence-electron chi connectivity index (χ3n) is 1.68. The molecule has 0 aromatic heterocycles. The van der Waals surface area contributed by atoms with Gasteiger partial charge in [0.2, 0.25) is 0 Å². The molecule has 0 heterocycles. The Morgan fingerprint density at radius 3 is 1.86 bits per heavy atom. The standard InChI is InChI=1S/C10H24N2.C2H6/c1-5-7-12(8-6-11)9-10(2,3)4;1-2/h5-9,11H2,1-4H3;1-2H3. The summed E-state index contributed by atoms with van der Waals surface area (Å²) < 4.78 is 0. The molecule has 0 atom stereocenters. The van der Waals surface area contributed by atoms with E-state index in [9.17, 15) is 0 Å². The third-order valence-corrected chi connectivity index (χ3v) is 1.68. The molecule has 0 aromatic carbocycles. The minimum absolute atomic E-state index is 0.393. The second kappa shape index (κ2) is 9.47. The predicted molar refractivity (Wildman–Crippen MR) is 66.6 cm³/mol. The number of hydrogen-bond acceptors (Lipinski definition) is 2. The van der Waals surface area contributed by atoms with Crippen LogP contribution in [0.4, 0.5) is 0 Å². The Labute approximate surface area is 90.9 Å². The zero-order chi connectivity index (χ0) is 11.6. The Morgan fingerprint density at radius 2 is 1.57 bits per heavy atom. The lowest BCUT2D eigenvalue weighted by Gasteiger charge is -2.29. The molecule has 14 heavy (non-hydrogen) atoms. The van der Waals surface area contributed by atoms with Crippen LogP contribution in [-0.2, 0) is 0 Å². The zero-order valence-corrected chi connectivity index (χ0v) is 11.1. The van der Waals surface area contributed by atoms with Gasteiger partial charge in [-0.15, -0.1) is 0 Å². The molecule has 0 aromatic rings. The summed E-state index contributed by atoms with van der Waals surface area (Å²) in [5, 5.41) is 0. The highest BCUT2D eigenvalue weighted by Crippen LogP contribution is 2.14. The fraction of sp³-hybridized carbons (Fsp3) is 1.00. The molecule has 0 rings (SSSR count). The Balaban J connectivity index is 0. The van der Waals surface area contributed by atoms with E-state index >= 15 is 0 Å². The van der Waals surface area contributed by atoms with Gasteiger partial charge >= 0.3 is 0 Å². The summed E-state index contributed by atoms with van der Waals surface area (Å²) in [4.78, 5) is 2.44. The van der Waals surface area contributed by atoms with Gasteiger partial charge in [0.1, 0.15) is 0 Å². The van der Waals surface area contributed by atoms with Gasteiger partial charge in [0.15, 0.2) is 0 Å². The molecule has 0 amide bonds. The minimum atomic E-state index is 0.393. The largest absolute Gasteiger partial charge is 0.329 e. The average Bonchev–Trinajstić information content (AvgIpc) is 2.06. The first-order valence-corrected chi connectivity index (χ1v) is 5.92. The first kappa shape index (κ1) is 16.4. The monoisotopic (exact) mass is 202 g/mol. The molecule has 0 saturated heterocycles. The summed E-state index contributed by atoms with van der Waals surface area (Å²) in [6.07, 6.45) is 1.22. The Hall–Kier alpha value is -0.0800. The van der Waals surface area contributed by atoms with Gasteiger partial charge in [-0.1, -0.05) is 41.5 Å². The van der Waals surface area contributed by atoms with Crippen molar-refractivity contribution >= 4 is 0 Å². The molecular formula is C12H30N2. The van der Waals surface area contributed by atoms with E-state index in [0.29, 0.717) is 5.41 Å². The lowest BCUT2D eigenvalue weighted by molar-refractivity contribution is 0.196. The van der Waals surface area contributed by atoms with Crippen molar-refractivity contribution < 1.29 is 0 Å². The van der Waals surface area contributed by atoms with E-state index in [0.717, 1.165) is 19.6 Å². The fourth-order valence-corrected chi connectivity index (χ4v) is 1.44. The van der Waals surface area contributed by atoms with Crippen molar-refractivity contribution in [2.45, 2.75) is 48.0 Å². The van der Waals surface area contributed by atoms with Crippen molar-refractivity contribution in [1.29, 1.82) is 0 Å². The van der Waals surface area contributed by atoms with Crippen LogP contribution in [0.5, 0.6) is 0 Å². The van der Waals surface area contributed by atoms with Gasteiger partial charge in [-0.05, 0) is 18.4 Å². The summed E-state index contributed by atoms with van der Waals surface area (Å²) in [6, 6.07) is 0. The van der Waals surface area contributed by atoms with Gasteiger partial charge in [-0.2, -0.15) is 0 Å². The topological polar surface area (TPSA) is 29.3 Å². The van der Waals surface area contributed by atoms with E-state index < -0.39 is 0 Å². The van der Waals surface area contributed by atoms with Gasteiger partial charge in [0.25, 0.3) is 0 Å². The van der Waals surface area contributed by atoms with E-state index in [2.05, 4.69) is 32.6 Å². The van der Waals surface area contributed by atoms with E-state index in [1.807, 2.05) is 13.8 Å². The molecule has 0 radical (unpaired) electrons. The van der Waals surface area contributed by atoms with Crippen molar-refractivity contribution in [2.24, 2.45) is 11.1 Å². The number of nitrogens with two attached hydrogens (primary N) is 1. The highest BCUT2D eigenvalue weighted by Gasteiger charge is 2.14. The summed E-state index contributed by atoms with van der Waals surface area (Å²) in [5.41, 5.74) is 5.93. The molecule has 2 heteroatoms. The molecule has 0 spiro atoms. The molecule has 0 bridgehead atoms. The second-order valence-electron chi connectivity index (χ2n) is 4.63. The summed E-state index contributed by atoms with van der Waals surface area (Å²) >= 11 is 0. The molecule has 2 nitrogen and oxygen atoms in total.